The Bertz CT molecular complexity index is 818. The third-order valence-corrected chi connectivity index (χ3v) is 3.15. The van der Waals surface area contributed by atoms with Crippen LogP contribution in [0, 0.1) is 27.2 Å². The van der Waals surface area contributed by atoms with Crippen LogP contribution in [0.5, 0.6) is 0 Å². The van der Waals surface area contributed by atoms with Crippen molar-refractivity contribution >= 4 is 28.7 Å². The molecule has 9 heteroatoms. The number of benzene rings is 2. The number of hydrogen-bond acceptors (Lipinski definition) is 6. The lowest BCUT2D eigenvalue weighted by Gasteiger charge is -2.12. The minimum Gasteiger partial charge on any atom is -0.478 e. The smallest absolute Gasteiger partial charge is 0.337 e. The number of non-ortho nitro benzene ring substituents is 1. The lowest BCUT2D eigenvalue weighted by molar-refractivity contribution is -0.393. The van der Waals surface area contributed by atoms with E-state index in [-0.39, 0.29) is 16.9 Å². The van der Waals surface area contributed by atoms with E-state index in [1.807, 2.05) is 0 Å². The molecule has 0 spiro atoms. The quantitative estimate of drug-likeness (QED) is 0.638. The van der Waals surface area contributed by atoms with Crippen LogP contribution in [-0.2, 0) is 0 Å². The van der Waals surface area contributed by atoms with Gasteiger partial charge in [-0.05, 0) is 24.6 Å². The van der Waals surface area contributed by atoms with Crippen molar-refractivity contribution in [2.24, 2.45) is 0 Å². The fourth-order valence-corrected chi connectivity index (χ4v) is 2.04. The highest BCUT2D eigenvalue weighted by Crippen LogP contribution is 2.33. The highest BCUT2D eigenvalue weighted by molar-refractivity contribution is 5.96. The zero-order valence-electron chi connectivity index (χ0n) is 11.8. The number of nitro groups is 2. The molecule has 0 fully saturated rings. The van der Waals surface area contributed by atoms with Crippen molar-refractivity contribution in [3.63, 3.8) is 0 Å². The summed E-state index contributed by atoms with van der Waals surface area (Å²) in [6, 6.07) is 7.65. The van der Waals surface area contributed by atoms with Crippen LogP contribution in [0.25, 0.3) is 0 Å². The average Bonchev–Trinajstić information content (AvgIpc) is 2.48. The second-order valence-electron chi connectivity index (χ2n) is 4.64. The second kappa shape index (κ2) is 6.10. The molecule has 118 valence electrons. The number of anilines is 2. The molecule has 0 saturated carbocycles. The Hall–Kier alpha value is -3.49. The van der Waals surface area contributed by atoms with Crippen LogP contribution in [0.4, 0.5) is 22.7 Å². The van der Waals surface area contributed by atoms with E-state index in [0.717, 1.165) is 12.1 Å². The van der Waals surface area contributed by atoms with Gasteiger partial charge in [0.15, 0.2) is 0 Å². The largest absolute Gasteiger partial charge is 0.478 e. The lowest BCUT2D eigenvalue weighted by Crippen LogP contribution is -2.06. The first kappa shape index (κ1) is 15.9. The summed E-state index contributed by atoms with van der Waals surface area (Å²) in [6.45, 7) is 1.64. The number of hydrogen-bond donors (Lipinski definition) is 2. The van der Waals surface area contributed by atoms with E-state index < -0.39 is 27.2 Å². The van der Waals surface area contributed by atoms with Gasteiger partial charge in [0.25, 0.3) is 11.4 Å². The number of carboxylic acids is 1. The van der Waals surface area contributed by atoms with Crippen LogP contribution in [0.2, 0.25) is 0 Å². The summed E-state index contributed by atoms with van der Waals surface area (Å²) in [5, 5.41) is 33.7. The first-order valence-corrected chi connectivity index (χ1v) is 6.34. The van der Waals surface area contributed by atoms with Gasteiger partial charge in [-0.15, -0.1) is 0 Å². The molecule has 0 aromatic heterocycles. The summed E-state index contributed by atoms with van der Waals surface area (Å²) >= 11 is 0. The molecule has 2 aromatic carbocycles. The number of carbonyl (C=O) groups is 1. The fourth-order valence-electron chi connectivity index (χ4n) is 2.04. The minimum absolute atomic E-state index is 0.0302. The SMILES string of the molecule is Cc1cccc(C(=O)O)c1Nc1ccc([N+](=O)[O-])cc1[N+](=O)[O-]. The Morgan fingerprint density at radius 3 is 2.39 bits per heavy atom. The van der Waals surface area contributed by atoms with Gasteiger partial charge in [0.2, 0.25) is 0 Å². The van der Waals surface area contributed by atoms with E-state index in [4.69, 9.17) is 0 Å². The van der Waals surface area contributed by atoms with Crippen molar-refractivity contribution in [2.45, 2.75) is 6.92 Å². The molecule has 0 unspecified atom stereocenters. The molecule has 0 amide bonds. The Labute approximate surface area is 129 Å². The predicted octanol–water partition coefficient (Wildman–Crippen LogP) is 3.25. The third-order valence-electron chi connectivity index (χ3n) is 3.15. The first-order chi connectivity index (χ1) is 10.8. The topological polar surface area (TPSA) is 136 Å². The number of rotatable bonds is 5. The van der Waals surface area contributed by atoms with E-state index in [2.05, 4.69) is 5.32 Å². The first-order valence-electron chi connectivity index (χ1n) is 6.34. The van der Waals surface area contributed by atoms with Crippen LogP contribution in [0.3, 0.4) is 0 Å². The molecule has 0 radical (unpaired) electrons. The number of para-hydroxylation sites is 1. The van der Waals surface area contributed by atoms with Gasteiger partial charge in [0, 0.05) is 6.07 Å². The van der Waals surface area contributed by atoms with Crippen molar-refractivity contribution in [2.75, 3.05) is 5.32 Å². The number of aryl methyl sites for hydroxylation is 1. The minimum atomic E-state index is -1.19. The van der Waals surface area contributed by atoms with Crippen LogP contribution in [0.15, 0.2) is 36.4 Å². The van der Waals surface area contributed by atoms with Gasteiger partial charge in [-0.1, -0.05) is 12.1 Å². The predicted molar refractivity (Wildman–Crippen MR) is 81.2 cm³/mol. The molecule has 0 saturated heterocycles. The summed E-state index contributed by atoms with van der Waals surface area (Å²) in [4.78, 5) is 31.6. The van der Waals surface area contributed by atoms with Crippen LogP contribution in [-0.4, -0.2) is 20.9 Å². The van der Waals surface area contributed by atoms with Crippen molar-refractivity contribution in [3.05, 3.63) is 67.8 Å². The maximum absolute atomic E-state index is 11.3. The maximum atomic E-state index is 11.3. The average molecular weight is 317 g/mol. The Balaban J connectivity index is 2.55. The summed E-state index contributed by atoms with van der Waals surface area (Å²) in [6.07, 6.45) is 0. The Morgan fingerprint density at radius 2 is 1.83 bits per heavy atom. The standard InChI is InChI=1S/C14H11N3O6/c1-8-3-2-4-10(14(18)19)13(8)15-11-6-5-9(16(20)21)7-12(11)17(22)23/h2-7,15H,1H3,(H,18,19). The van der Waals surface area contributed by atoms with Gasteiger partial charge in [-0.2, -0.15) is 0 Å². The fraction of sp³-hybridized carbons (Fsp3) is 0.0714. The van der Waals surface area contributed by atoms with Gasteiger partial charge >= 0.3 is 5.97 Å². The summed E-state index contributed by atoms with van der Waals surface area (Å²) in [5.74, 6) is -1.19. The normalized spacial score (nSPS) is 10.1. The molecule has 2 aromatic rings. The molecule has 0 aliphatic carbocycles. The van der Waals surface area contributed by atoms with Gasteiger partial charge in [-0.3, -0.25) is 20.2 Å². The molecule has 2 rings (SSSR count). The summed E-state index contributed by atoms with van der Waals surface area (Å²) < 4.78 is 0. The molecular formula is C14H11N3O6. The molecule has 0 aliphatic rings. The number of aromatic carboxylic acids is 1. The molecule has 0 heterocycles. The van der Waals surface area contributed by atoms with E-state index in [9.17, 15) is 30.1 Å². The van der Waals surface area contributed by atoms with Crippen molar-refractivity contribution in [1.82, 2.24) is 0 Å². The number of nitrogens with zero attached hydrogens (tertiary/aromatic N) is 2. The van der Waals surface area contributed by atoms with Gasteiger partial charge in [0.1, 0.15) is 5.69 Å². The zero-order chi connectivity index (χ0) is 17.1. The second-order valence-corrected chi connectivity index (χ2v) is 4.64. The Morgan fingerprint density at radius 1 is 1.13 bits per heavy atom. The van der Waals surface area contributed by atoms with Crippen LogP contribution >= 0.6 is 0 Å². The van der Waals surface area contributed by atoms with Crippen molar-refractivity contribution < 1.29 is 19.7 Å². The van der Waals surface area contributed by atoms with E-state index >= 15 is 0 Å². The number of nitrogens with one attached hydrogen (secondary N) is 1. The Kier molecular flexibility index (Phi) is 4.21. The zero-order valence-corrected chi connectivity index (χ0v) is 11.8. The van der Waals surface area contributed by atoms with E-state index in [0.29, 0.717) is 5.56 Å². The van der Waals surface area contributed by atoms with Crippen LogP contribution in [0.1, 0.15) is 15.9 Å². The third kappa shape index (κ3) is 3.23. The van der Waals surface area contributed by atoms with Crippen molar-refractivity contribution in [1.29, 1.82) is 0 Å². The molecule has 0 atom stereocenters. The van der Waals surface area contributed by atoms with Gasteiger partial charge in [0.05, 0.1) is 27.2 Å². The van der Waals surface area contributed by atoms with Crippen molar-refractivity contribution in [3.8, 4) is 0 Å². The van der Waals surface area contributed by atoms with E-state index in [1.165, 1.54) is 12.1 Å². The highest BCUT2D eigenvalue weighted by Gasteiger charge is 2.21. The van der Waals surface area contributed by atoms with Gasteiger partial charge in [-0.25, -0.2) is 4.79 Å². The molecule has 23 heavy (non-hydrogen) atoms. The molecular weight excluding hydrogens is 306 g/mol. The molecule has 2 N–H and O–H groups in total. The van der Waals surface area contributed by atoms with Crippen LogP contribution < -0.4 is 5.32 Å². The highest BCUT2D eigenvalue weighted by atomic mass is 16.6. The lowest BCUT2D eigenvalue weighted by atomic mass is 10.1. The summed E-state index contributed by atoms with van der Waals surface area (Å²) in [5.41, 5.74) is -0.270. The molecule has 9 nitrogen and oxygen atoms in total. The van der Waals surface area contributed by atoms with E-state index in [1.54, 1.807) is 19.1 Å². The summed E-state index contributed by atoms with van der Waals surface area (Å²) in [7, 11) is 0. The maximum Gasteiger partial charge on any atom is 0.337 e. The van der Waals surface area contributed by atoms with Gasteiger partial charge < -0.3 is 10.4 Å². The number of nitro benzene ring substituents is 2. The monoisotopic (exact) mass is 317 g/mol. The molecule has 0 bridgehead atoms. The molecule has 0 aliphatic heterocycles. The number of carboxylic acid groups (broad SMARTS) is 1.